The van der Waals surface area contributed by atoms with Gasteiger partial charge in [-0.3, -0.25) is 9.59 Å². The molecule has 0 unspecified atom stereocenters. The molecule has 3 aromatic rings. The smallest absolute Gasteiger partial charge is 0.850 e. The molecular formula is C28H36Cl2N3NaO4. The Balaban J connectivity index is 0.000000527. The summed E-state index contributed by atoms with van der Waals surface area (Å²) in [7, 11) is 3.62. The van der Waals surface area contributed by atoms with Crippen molar-refractivity contribution in [3.05, 3.63) is 80.2 Å². The van der Waals surface area contributed by atoms with Gasteiger partial charge in [0.05, 0.1) is 6.34 Å². The van der Waals surface area contributed by atoms with Crippen molar-refractivity contribution >= 4 is 46.2 Å². The molecule has 202 valence electrons. The molecule has 1 N–H and O–H groups in total. The van der Waals surface area contributed by atoms with Crippen molar-refractivity contribution in [1.82, 2.24) is 9.88 Å². The number of aromatic amines is 1. The summed E-state index contributed by atoms with van der Waals surface area (Å²) >= 11 is 11.5. The summed E-state index contributed by atoms with van der Waals surface area (Å²) in [5, 5.41) is 12.9. The van der Waals surface area contributed by atoms with E-state index in [1.165, 1.54) is 19.2 Å². The minimum atomic E-state index is -0.750. The molecule has 7 nitrogen and oxygen atoms in total. The van der Waals surface area contributed by atoms with Crippen molar-refractivity contribution in [2.45, 2.75) is 46.1 Å². The molecular weight excluding hydrogens is 536 g/mol. The molecule has 1 aliphatic heterocycles. The average molecular weight is 573 g/mol. The van der Waals surface area contributed by atoms with Gasteiger partial charge < -0.3 is 19.7 Å². The Bertz CT molecular complexity index is 1210. The number of rotatable bonds is 2. The average Bonchev–Trinajstić information content (AvgIpc) is 3.37. The summed E-state index contributed by atoms with van der Waals surface area (Å²) in [6.45, 7) is 8.73. The zero-order chi connectivity index (χ0) is 28.0. The molecule has 0 spiro atoms. The Kier molecular flexibility index (Phi) is 17.7. The number of carbonyl (C=O) groups excluding carboxylic acids is 1. The summed E-state index contributed by atoms with van der Waals surface area (Å²) in [5.41, 5.74) is 0.588. The fourth-order valence-electron chi connectivity index (χ4n) is 2.78. The van der Waals surface area contributed by atoms with Crippen molar-refractivity contribution < 1.29 is 44.2 Å². The Morgan fingerprint density at radius 1 is 1.05 bits per heavy atom. The monoisotopic (exact) mass is 571 g/mol. The minimum Gasteiger partial charge on any atom is -0.850 e. The van der Waals surface area contributed by atoms with Crippen LogP contribution in [0.2, 0.25) is 10.0 Å². The first-order valence-electron chi connectivity index (χ1n) is 11.8. The standard InChI is InChI=1S/C11H13ClN2O.C9H6ClNO.C4H8O.C4H9O.Na/c1-8-6-9(12)4-5-10(8)11(15)13-7-14(2)3;10-7-1-2-8-6(5-7)3-4-11-9(8)12;1-2-4-5-3-1;1-4(2,3)5;/h4-7H,1-3H3;1-5H,(H,11,12);1-4H2;1-3H3;/q;;;-1;+1. The summed E-state index contributed by atoms with van der Waals surface area (Å²) in [4.78, 5) is 30.9. The normalized spacial score (nSPS) is 12.2. The van der Waals surface area contributed by atoms with Crippen molar-refractivity contribution in [2.75, 3.05) is 27.3 Å². The van der Waals surface area contributed by atoms with Gasteiger partial charge in [0.25, 0.3) is 11.5 Å². The van der Waals surface area contributed by atoms with Crippen molar-refractivity contribution in [3.63, 3.8) is 0 Å². The number of benzene rings is 2. The molecule has 0 atom stereocenters. The van der Waals surface area contributed by atoms with E-state index in [0.29, 0.717) is 21.0 Å². The molecule has 0 aliphatic carbocycles. The van der Waals surface area contributed by atoms with Crippen LogP contribution in [0.25, 0.3) is 10.8 Å². The largest absolute Gasteiger partial charge is 1.00 e. The predicted octanol–water partition coefficient (Wildman–Crippen LogP) is 2.51. The fourth-order valence-corrected chi connectivity index (χ4v) is 3.19. The number of fused-ring (bicyclic) bond motifs is 1. The van der Waals surface area contributed by atoms with Crippen LogP contribution >= 0.6 is 23.2 Å². The van der Waals surface area contributed by atoms with Crippen LogP contribution < -0.4 is 40.2 Å². The number of amides is 1. The third kappa shape index (κ3) is 16.3. The van der Waals surface area contributed by atoms with Crippen LogP contribution in [0.15, 0.2) is 58.4 Å². The molecule has 4 rings (SSSR count). The number of hydrogen-bond acceptors (Lipinski definition) is 4. The maximum Gasteiger partial charge on any atom is 1.00 e. The molecule has 38 heavy (non-hydrogen) atoms. The molecule has 2 heterocycles. The SMILES string of the molecule is C1CCOC1.CC(C)(C)[O-].Cc1cc(Cl)ccc1C(=O)N=CN(C)C.O=c1[nH]ccc2cc(Cl)ccc12.[Na+]. The maximum atomic E-state index is 11.6. The van der Waals surface area contributed by atoms with Gasteiger partial charge in [0.15, 0.2) is 0 Å². The zero-order valence-electron chi connectivity index (χ0n) is 23.3. The molecule has 1 aliphatic rings. The van der Waals surface area contributed by atoms with E-state index in [9.17, 15) is 14.7 Å². The molecule has 0 bridgehead atoms. The van der Waals surface area contributed by atoms with Crippen LogP contribution in [-0.4, -0.2) is 55.0 Å². The molecule has 0 saturated carbocycles. The Morgan fingerprint density at radius 2 is 1.61 bits per heavy atom. The van der Waals surface area contributed by atoms with Gasteiger partial charge in [-0.05, 0) is 73.2 Å². The van der Waals surface area contributed by atoms with E-state index >= 15 is 0 Å². The number of aliphatic imine (C=N–C) groups is 1. The number of nitrogens with zero attached hydrogens (tertiary/aromatic N) is 2. The third-order valence-corrected chi connectivity index (χ3v) is 4.86. The Morgan fingerprint density at radius 3 is 2.11 bits per heavy atom. The Labute approximate surface area is 257 Å². The van der Waals surface area contributed by atoms with Gasteiger partial charge in [-0.15, -0.1) is 5.60 Å². The van der Waals surface area contributed by atoms with E-state index in [2.05, 4.69) is 9.98 Å². The second-order valence-electron chi connectivity index (χ2n) is 9.44. The first kappa shape index (κ1) is 36.3. The summed E-state index contributed by atoms with van der Waals surface area (Å²) in [6.07, 6.45) is 5.65. The second-order valence-corrected chi connectivity index (χ2v) is 10.3. The van der Waals surface area contributed by atoms with Gasteiger partial charge >= 0.3 is 29.6 Å². The van der Waals surface area contributed by atoms with Crippen LogP contribution in [0.5, 0.6) is 0 Å². The van der Waals surface area contributed by atoms with Crippen LogP contribution in [0.4, 0.5) is 0 Å². The number of pyridine rings is 1. The molecule has 10 heteroatoms. The molecule has 1 aromatic heterocycles. The summed E-state index contributed by atoms with van der Waals surface area (Å²) in [6, 6.07) is 12.1. The number of aryl methyl sites for hydroxylation is 1. The first-order valence-corrected chi connectivity index (χ1v) is 12.6. The molecule has 1 fully saturated rings. The number of nitrogens with one attached hydrogen (secondary N) is 1. The van der Waals surface area contributed by atoms with Crippen LogP contribution in [0.3, 0.4) is 0 Å². The minimum absolute atomic E-state index is 0. The first-order chi connectivity index (χ1) is 17.3. The number of halogens is 2. The zero-order valence-corrected chi connectivity index (χ0v) is 26.8. The molecule has 1 saturated heterocycles. The number of aromatic nitrogens is 1. The van der Waals surface area contributed by atoms with Gasteiger partial charge in [0.1, 0.15) is 0 Å². The second kappa shape index (κ2) is 18.6. The van der Waals surface area contributed by atoms with Gasteiger partial charge in [-0.25, -0.2) is 0 Å². The van der Waals surface area contributed by atoms with Gasteiger partial charge in [0.2, 0.25) is 0 Å². The topological polar surface area (TPSA) is 97.8 Å². The number of ether oxygens (including phenoxy) is 1. The van der Waals surface area contributed by atoms with E-state index in [-0.39, 0.29) is 41.0 Å². The summed E-state index contributed by atoms with van der Waals surface area (Å²) < 4.78 is 4.94. The maximum absolute atomic E-state index is 11.6. The van der Waals surface area contributed by atoms with Gasteiger partial charge in [-0.2, -0.15) is 4.99 Å². The summed E-state index contributed by atoms with van der Waals surface area (Å²) in [5.74, 6) is -0.252. The van der Waals surface area contributed by atoms with Crippen molar-refractivity contribution in [2.24, 2.45) is 4.99 Å². The van der Waals surface area contributed by atoms with Gasteiger partial charge in [-0.1, -0.05) is 44.0 Å². The molecule has 0 radical (unpaired) electrons. The number of carbonyl (C=O) groups is 1. The van der Waals surface area contributed by atoms with Crippen molar-refractivity contribution in [1.29, 1.82) is 0 Å². The van der Waals surface area contributed by atoms with Crippen LogP contribution in [-0.2, 0) is 4.74 Å². The van der Waals surface area contributed by atoms with E-state index in [4.69, 9.17) is 27.9 Å². The van der Waals surface area contributed by atoms with E-state index < -0.39 is 5.60 Å². The number of H-pyrrole nitrogens is 1. The predicted molar refractivity (Wildman–Crippen MR) is 152 cm³/mol. The third-order valence-electron chi connectivity index (χ3n) is 4.39. The molecule has 2 aromatic carbocycles. The van der Waals surface area contributed by atoms with E-state index in [0.717, 1.165) is 24.2 Å². The van der Waals surface area contributed by atoms with Crippen LogP contribution in [0, 0.1) is 6.92 Å². The quantitative estimate of drug-likeness (QED) is 0.289. The number of hydrogen-bond donors (Lipinski definition) is 1. The molecule has 1 amide bonds. The van der Waals surface area contributed by atoms with Crippen LogP contribution in [0.1, 0.15) is 49.5 Å². The fraction of sp³-hybridized carbons (Fsp3) is 0.393. The van der Waals surface area contributed by atoms with Gasteiger partial charge in [0, 0.05) is 54.5 Å². The Hall–Kier alpha value is -1.71. The van der Waals surface area contributed by atoms with E-state index in [1.807, 2.05) is 27.1 Å². The van der Waals surface area contributed by atoms with Crippen molar-refractivity contribution in [3.8, 4) is 0 Å². The van der Waals surface area contributed by atoms with E-state index in [1.54, 1.807) is 68.3 Å².